The number of alkyl carbamates (subject to hydrolysis) is 1. The molecule has 0 bridgehead atoms. The first kappa shape index (κ1) is 14.9. The summed E-state index contributed by atoms with van der Waals surface area (Å²) in [5.41, 5.74) is 0.921. The first-order valence-electron chi connectivity index (χ1n) is 6.52. The maximum Gasteiger partial charge on any atom is 0.407 e. The van der Waals surface area contributed by atoms with Crippen LogP contribution < -0.4 is 5.32 Å². The summed E-state index contributed by atoms with van der Waals surface area (Å²) in [7, 11) is 0. The van der Waals surface area contributed by atoms with Crippen LogP contribution in [0.15, 0.2) is 11.3 Å². The summed E-state index contributed by atoms with van der Waals surface area (Å²) in [6.07, 6.45) is 0.459. The molecule has 0 aromatic rings. The van der Waals surface area contributed by atoms with Crippen LogP contribution >= 0.6 is 0 Å². The van der Waals surface area contributed by atoms with Crippen molar-refractivity contribution in [2.45, 2.75) is 53.6 Å². The van der Waals surface area contributed by atoms with Crippen molar-refractivity contribution in [2.75, 3.05) is 13.2 Å². The molecule has 1 N–H and O–H groups in total. The Morgan fingerprint density at radius 2 is 1.94 bits per heavy atom. The zero-order valence-corrected chi connectivity index (χ0v) is 12.3. The highest BCUT2D eigenvalue weighted by atomic mass is 16.6. The number of hydrogen-bond acceptors (Lipinski definition) is 3. The van der Waals surface area contributed by atoms with E-state index in [4.69, 9.17) is 9.47 Å². The smallest absolute Gasteiger partial charge is 0.407 e. The van der Waals surface area contributed by atoms with Crippen molar-refractivity contribution in [3.63, 3.8) is 0 Å². The Labute approximate surface area is 110 Å². The lowest BCUT2D eigenvalue weighted by atomic mass is 10.0. The number of rotatable bonds is 5. The van der Waals surface area contributed by atoms with Gasteiger partial charge in [0.15, 0.2) is 0 Å². The number of amides is 1. The minimum atomic E-state index is -0.446. The quantitative estimate of drug-likeness (QED) is 0.820. The number of ether oxygens (including phenoxy) is 2. The van der Waals surface area contributed by atoms with Gasteiger partial charge in [-0.25, -0.2) is 4.79 Å². The summed E-state index contributed by atoms with van der Waals surface area (Å²) < 4.78 is 10.7. The summed E-state index contributed by atoms with van der Waals surface area (Å²) in [6.45, 7) is 13.1. The standard InChI is InChI=1S/C14H25NO3/c1-7-17-11-10(14(11,5)6)8-9-15-12(16)18-13(2,3)4/h7-9H2,1-6H3,(H,15,16). The van der Waals surface area contributed by atoms with E-state index in [-0.39, 0.29) is 11.5 Å². The molecule has 0 saturated carbocycles. The molecule has 1 amide bonds. The van der Waals surface area contributed by atoms with Crippen LogP contribution in [0.25, 0.3) is 0 Å². The van der Waals surface area contributed by atoms with E-state index in [2.05, 4.69) is 19.2 Å². The van der Waals surface area contributed by atoms with Crippen molar-refractivity contribution in [2.24, 2.45) is 5.41 Å². The molecule has 0 aliphatic heterocycles. The predicted octanol–water partition coefficient (Wildman–Crippen LogP) is 3.23. The van der Waals surface area contributed by atoms with Crippen LogP contribution in [-0.2, 0) is 9.47 Å². The van der Waals surface area contributed by atoms with Gasteiger partial charge in [0.05, 0.1) is 6.61 Å². The molecule has 4 nitrogen and oxygen atoms in total. The van der Waals surface area contributed by atoms with E-state index in [1.165, 1.54) is 5.57 Å². The second kappa shape index (κ2) is 5.21. The molecule has 18 heavy (non-hydrogen) atoms. The fourth-order valence-electron chi connectivity index (χ4n) is 1.95. The van der Waals surface area contributed by atoms with Gasteiger partial charge in [0.1, 0.15) is 11.4 Å². The molecular formula is C14H25NO3. The average Bonchev–Trinajstić information content (AvgIpc) is 2.67. The van der Waals surface area contributed by atoms with Crippen molar-refractivity contribution in [1.29, 1.82) is 0 Å². The zero-order chi connectivity index (χ0) is 14.0. The van der Waals surface area contributed by atoms with Crippen LogP contribution in [0, 0.1) is 5.41 Å². The van der Waals surface area contributed by atoms with E-state index >= 15 is 0 Å². The molecule has 0 fully saturated rings. The van der Waals surface area contributed by atoms with Gasteiger partial charge in [0.2, 0.25) is 0 Å². The molecule has 0 spiro atoms. The van der Waals surface area contributed by atoms with Gasteiger partial charge < -0.3 is 14.8 Å². The lowest BCUT2D eigenvalue weighted by molar-refractivity contribution is 0.0528. The van der Waals surface area contributed by atoms with Crippen molar-refractivity contribution in [3.05, 3.63) is 11.3 Å². The summed E-state index contributed by atoms with van der Waals surface area (Å²) >= 11 is 0. The van der Waals surface area contributed by atoms with Crippen LogP contribution in [0.2, 0.25) is 0 Å². The second-order valence-electron chi connectivity index (χ2n) is 6.04. The lowest BCUT2D eigenvalue weighted by Gasteiger charge is -2.19. The van der Waals surface area contributed by atoms with Crippen LogP contribution in [0.5, 0.6) is 0 Å². The number of carbonyl (C=O) groups is 1. The maximum absolute atomic E-state index is 11.4. The molecule has 0 aromatic heterocycles. The first-order valence-corrected chi connectivity index (χ1v) is 6.52. The highest BCUT2D eigenvalue weighted by Crippen LogP contribution is 2.53. The number of carbonyl (C=O) groups excluding carboxylic acids is 1. The van der Waals surface area contributed by atoms with Crippen molar-refractivity contribution in [3.8, 4) is 0 Å². The summed E-state index contributed by atoms with van der Waals surface area (Å²) in [5, 5.41) is 2.76. The monoisotopic (exact) mass is 255 g/mol. The zero-order valence-electron chi connectivity index (χ0n) is 12.3. The Balaban J connectivity index is 2.29. The molecule has 0 atom stereocenters. The van der Waals surface area contributed by atoms with Gasteiger partial charge in [-0.05, 0) is 53.5 Å². The normalized spacial score (nSPS) is 17.4. The van der Waals surface area contributed by atoms with E-state index in [1.54, 1.807) is 0 Å². The minimum Gasteiger partial charge on any atom is -0.497 e. The molecule has 0 aromatic carbocycles. The molecule has 0 unspecified atom stereocenters. The lowest BCUT2D eigenvalue weighted by Crippen LogP contribution is -2.33. The first-order chi connectivity index (χ1) is 8.18. The molecule has 104 valence electrons. The van der Waals surface area contributed by atoms with E-state index in [1.807, 2.05) is 27.7 Å². The van der Waals surface area contributed by atoms with E-state index in [0.29, 0.717) is 13.2 Å². The van der Waals surface area contributed by atoms with Gasteiger partial charge in [-0.3, -0.25) is 0 Å². The highest BCUT2D eigenvalue weighted by molar-refractivity contribution is 5.67. The third-order valence-electron chi connectivity index (χ3n) is 2.87. The Hall–Kier alpha value is -1.19. The van der Waals surface area contributed by atoms with Gasteiger partial charge in [-0.2, -0.15) is 0 Å². The molecule has 4 heteroatoms. The molecule has 1 aliphatic carbocycles. The summed E-state index contributed by atoms with van der Waals surface area (Å²) in [6, 6.07) is 0. The van der Waals surface area contributed by atoms with Crippen LogP contribution in [0.3, 0.4) is 0 Å². The Bertz CT molecular complexity index is 351. The molecule has 1 aliphatic rings. The van der Waals surface area contributed by atoms with Crippen molar-refractivity contribution in [1.82, 2.24) is 5.32 Å². The van der Waals surface area contributed by atoms with E-state index in [9.17, 15) is 4.79 Å². The van der Waals surface area contributed by atoms with Gasteiger partial charge in [0, 0.05) is 12.0 Å². The molecule has 0 radical (unpaired) electrons. The topological polar surface area (TPSA) is 47.6 Å². The van der Waals surface area contributed by atoms with Gasteiger partial charge in [0.25, 0.3) is 0 Å². The summed E-state index contributed by atoms with van der Waals surface area (Å²) in [5.74, 6) is 1.08. The Kier molecular flexibility index (Phi) is 4.30. The van der Waals surface area contributed by atoms with Gasteiger partial charge in [-0.15, -0.1) is 0 Å². The fourth-order valence-corrected chi connectivity index (χ4v) is 1.95. The average molecular weight is 255 g/mol. The van der Waals surface area contributed by atoms with Crippen LogP contribution in [-0.4, -0.2) is 24.8 Å². The Morgan fingerprint density at radius 3 is 2.44 bits per heavy atom. The van der Waals surface area contributed by atoms with Gasteiger partial charge >= 0.3 is 6.09 Å². The van der Waals surface area contributed by atoms with Crippen LogP contribution in [0.4, 0.5) is 4.79 Å². The van der Waals surface area contributed by atoms with E-state index in [0.717, 1.165) is 12.2 Å². The molecular weight excluding hydrogens is 230 g/mol. The molecule has 1 rings (SSSR count). The third kappa shape index (κ3) is 3.93. The largest absolute Gasteiger partial charge is 0.497 e. The summed E-state index contributed by atoms with van der Waals surface area (Å²) in [4.78, 5) is 11.4. The highest BCUT2D eigenvalue weighted by Gasteiger charge is 2.46. The molecule has 0 heterocycles. The van der Waals surface area contributed by atoms with Crippen molar-refractivity contribution >= 4 is 6.09 Å². The fraction of sp³-hybridized carbons (Fsp3) is 0.786. The number of allylic oxidation sites excluding steroid dienone is 1. The third-order valence-corrected chi connectivity index (χ3v) is 2.87. The number of nitrogens with one attached hydrogen (secondary N) is 1. The minimum absolute atomic E-state index is 0.0750. The maximum atomic E-state index is 11.4. The SMILES string of the molecule is CCOC1=C(CCNC(=O)OC(C)(C)C)C1(C)C. The second-order valence-corrected chi connectivity index (χ2v) is 6.04. The van der Waals surface area contributed by atoms with E-state index < -0.39 is 5.60 Å². The predicted molar refractivity (Wildman–Crippen MR) is 71.3 cm³/mol. The Morgan fingerprint density at radius 1 is 1.33 bits per heavy atom. The van der Waals surface area contributed by atoms with Crippen molar-refractivity contribution < 1.29 is 14.3 Å². The van der Waals surface area contributed by atoms with Crippen LogP contribution in [0.1, 0.15) is 48.0 Å². The molecule has 0 saturated heterocycles. The van der Waals surface area contributed by atoms with Gasteiger partial charge in [-0.1, -0.05) is 0 Å². The number of hydrogen-bond donors (Lipinski definition) is 1.